The first-order chi connectivity index (χ1) is 15.7. The van der Waals surface area contributed by atoms with Gasteiger partial charge in [0.15, 0.2) is 0 Å². The fraction of sp³-hybridized carbons (Fsp3) is 0.423. The van der Waals surface area contributed by atoms with Crippen LogP contribution in [0.5, 0.6) is 0 Å². The summed E-state index contributed by atoms with van der Waals surface area (Å²) in [5.74, 6) is 0.769. The second kappa shape index (κ2) is 7.76. The molecular weight excluding hydrogens is 398 g/mol. The van der Waals surface area contributed by atoms with E-state index in [0.29, 0.717) is 0 Å². The summed E-state index contributed by atoms with van der Waals surface area (Å²) in [7, 11) is 0. The molecule has 4 heterocycles. The van der Waals surface area contributed by atoms with Crippen molar-refractivity contribution in [3.05, 3.63) is 81.5 Å². The molecule has 32 heavy (non-hydrogen) atoms. The minimum absolute atomic E-state index is 0.0692. The molecule has 0 atom stereocenters. The molecule has 6 nitrogen and oxygen atoms in total. The highest BCUT2D eigenvalue weighted by Crippen LogP contribution is 2.47. The molecule has 0 bridgehead atoms. The maximum atomic E-state index is 12.6. The number of pyridine rings is 1. The summed E-state index contributed by atoms with van der Waals surface area (Å²) < 4.78 is 0. The van der Waals surface area contributed by atoms with Crippen molar-refractivity contribution in [3.8, 4) is 0 Å². The Labute approximate surface area is 188 Å². The molecule has 1 N–H and O–H groups in total. The molecule has 3 aliphatic rings. The van der Waals surface area contributed by atoms with Crippen molar-refractivity contribution >= 4 is 11.6 Å². The molecular formula is C26H29N5O. The predicted octanol–water partition coefficient (Wildman–Crippen LogP) is 3.60. The van der Waals surface area contributed by atoms with Crippen molar-refractivity contribution in [2.24, 2.45) is 0 Å². The Morgan fingerprint density at radius 2 is 1.78 bits per heavy atom. The summed E-state index contributed by atoms with van der Waals surface area (Å²) in [5, 5.41) is 0. The van der Waals surface area contributed by atoms with Gasteiger partial charge in [-0.1, -0.05) is 18.2 Å². The van der Waals surface area contributed by atoms with Crippen molar-refractivity contribution in [3.63, 3.8) is 0 Å². The van der Waals surface area contributed by atoms with Crippen LogP contribution in [0.25, 0.3) is 0 Å². The molecule has 1 aromatic carbocycles. The van der Waals surface area contributed by atoms with Gasteiger partial charge in [-0.05, 0) is 67.9 Å². The molecule has 2 aliphatic heterocycles. The Bertz CT molecular complexity index is 1180. The lowest BCUT2D eigenvalue weighted by Crippen LogP contribution is -2.46. The van der Waals surface area contributed by atoms with Gasteiger partial charge >= 0.3 is 0 Å². The first-order valence-corrected chi connectivity index (χ1v) is 11.8. The van der Waals surface area contributed by atoms with Crippen molar-refractivity contribution in [2.45, 2.75) is 50.5 Å². The zero-order chi connectivity index (χ0) is 21.5. The van der Waals surface area contributed by atoms with Crippen molar-refractivity contribution in [2.75, 3.05) is 29.4 Å². The third kappa shape index (κ3) is 3.29. The lowest BCUT2D eigenvalue weighted by Gasteiger charge is -2.40. The molecule has 2 aromatic heterocycles. The number of anilines is 2. The largest absolute Gasteiger partial charge is 0.366 e. The molecule has 0 radical (unpaired) electrons. The molecule has 0 amide bonds. The van der Waals surface area contributed by atoms with Gasteiger partial charge in [0.1, 0.15) is 0 Å². The van der Waals surface area contributed by atoms with Crippen LogP contribution in [0, 0.1) is 0 Å². The van der Waals surface area contributed by atoms with E-state index in [1.165, 1.54) is 16.8 Å². The number of nitrogens with zero attached hydrogens (tertiary/aromatic N) is 4. The van der Waals surface area contributed by atoms with Gasteiger partial charge in [0.05, 0.1) is 5.69 Å². The lowest BCUT2D eigenvalue weighted by molar-refractivity contribution is 0.347. The summed E-state index contributed by atoms with van der Waals surface area (Å²) in [5.41, 5.74) is 6.28. The van der Waals surface area contributed by atoms with Gasteiger partial charge in [0.2, 0.25) is 5.95 Å². The number of hydrogen-bond donors (Lipinski definition) is 1. The van der Waals surface area contributed by atoms with E-state index in [2.05, 4.69) is 56.2 Å². The maximum Gasteiger partial charge on any atom is 0.255 e. The van der Waals surface area contributed by atoms with E-state index in [-0.39, 0.29) is 11.0 Å². The van der Waals surface area contributed by atoms with E-state index >= 15 is 0 Å². The smallest absolute Gasteiger partial charge is 0.255 e. The molecule has 0 unspecified atom stereocenters. The number of fused-ring (bicyclic) bond motifs is 3. The van der Waals surface area contributed by atoms with E-state index in [0.717, 1.165) is 81.9 Å². The topological polar surface area (TPSA) is 65.1 Å². The second-order valence-electron chi connectivity index (χ2n) is 9.52. The van der Waals surface area contributed by atoms with Crippen LogP contribution in [0.3, 0.4) is 0 Å². The first kappa shape index (κ1) is 19.5. The summed E-state index contributed by atoms with van der Waals surface area (Å²) in [6, 6.07) is 13.1. The van der Waals surface area contributed by atoms with E-state index in [4.69, 9.17) is 4.98 Å². The van der Waals surface area contributed by atoms with Gasteiger partial charge in [0, 0.05) is 55.2 Å². The van der Waals surface area contributed by atoms with Gasteiger partial charge in [-0.25, -0.2) is 4.98 Å². The van der Waals surface area contributed by atoms with E-state index in [1.807, 2.05) is 12.4 Å². The van der Waals surface area contributed by atoms with Gasteiger partial charge in [-0.15, -0.1) is 0 Å². The molecule has 1 fully saturated rings. The van der Waals surface area contributed by atoms with Gasteiger partial charge < -0.3 is 9.80 Å². The van der Waals surface area contributed by atoms with E-state index < -0.39 is 0 Å². The first-order valence-electron chi connectivity index (χ1n) is 11.8. The minimum Gasteiger partial charge on any atom is -0.366 e. The molecule has 1 spiro atoms. The van der Waals surface area contributed by atoms with Crippen molar-refractivity contribution < 1.29 is 0 Å². The van der Waals surface area contributed by atoms with E-state index in [9.17, 15) is 4.79 Å². The van der Waals surface area contributed by atoms with Crippen LogP contribution < -0.4 is 15.4 Å². The Balaban J connectivity index is 1.24. The van der Waals surface area contributed by atoms with Crippen LogP contribution in [-0.2, 0) is 24.8 Å². The Morgan fingerprint density at radius 3 is 2.62 bits per heavy atom. The SMILES string of the molecule is O=c1[nH]c(N2CCC3(CC2)CN(Cc2ccncc2)c2ccccc23)nc2c1CCCC2. The molecule has 3 aromatic rings. The fourth-order valence-corrected chi connectivity index (χ4v) is 5.90. The van der Waals surface area contributed by atoms with E-state index in [1.54, 1.807) is 0 Å². The summed E-state index contributed by atoms with van der Waals surface area (Å²) in [6.07, 6.45) is 9.91. The second-order valence-corrected chi connectivity index (χ2v) is 9.52. The maximum absolute atomic E-state index is 12.6. The zero-order valence-corrected chi connectivity index (χ0v) is 18.4. The summed E-state index contributed by atoms with van der Waals surface area (Å²) >= 11 is 0. The number of benzene rings is 1. The van der Waals surface area contributed by atoms with Gasteiger partial charge in [0.25, 0.3) is 5.56 Å². The van der Waals surface area contributed by atoms with Crippen LogP contribution in [0.2, 0.25) is 0 Å². The number of aryl methyl sites for hydroxylation is 1. The summed E-state index contributed by atoms with van der Waals surface area (Å²) in [4.78, 5) is 29.6. The Morgan fingerprint density at radius 1 is 1.00 bits per heavy atom. The molecule has 1 saturated heterocycles. The number of aromatic nitrogens is 3. The Hall–Kier alpha value is -3.15. The number of rotatable bonds is 3. The highest BCUT2D eigenvalue weighted by atomic mass is 16.1. The molecule has 0 saturated carbocycles. The Kier molecular flexibility index (Phi) is 4.74. The summed E-state index contributed by atoms with van der Waals surface area (Å²) in [6.45, 7) is 3.78. The zero-order valence-electron chi connectivity index (χ0n) is 18.4. The fourth-order valence-electron chi connectivity index (χ4n) is 5.90. The average Bonchev–Trinajstić information content (AvgIpc) is 3.13. The number of hydrogen-bond acceptors (Lipinski definition) is 5. The van der Waals surface area contributed by atoms with Crippen LogP contribution in [0.15, 0.2) is 53.6 Å². The number of H-pyrrole nitrogens is 1. The molecule has 6 rings (SSSR count). The molecule has 1 aliphatic carbocycles. The number of aromatic amines is 1. The minimum atomic E-state index is 0.0692. The third-order valence-corrected chi connectivity index (χ3v) is 7.63. The van der Waals surface area contributed by atoms with Crippen LogP contribution >= 0.6 is 0 Å². The van der Waals surface area contributed by atoms with Crippen molar-refractivity contribution in [1.82, 2.24) is 15.0 Å². The number of para-hydroxylation sites is 1. The lowest BCUT2D eigenvalue weighted by atomic mass is 9.74. The molecule has 6 heteroatoms. The normalized spacial score (nSPS) is 19.1. The van der Waals surface area contributed by atoms with Crippen LogP contribution in [0.4, 0.5) is 11.6 Å². The quantitative estimate of drug-likeness (QED) is 0.692. The highest BCUT2D eigenvalue weighted by molar-refractivity contribution is 5.63. The van der Waals surface area contributed by atoms with Crippen molar-refractivity contribution in [1.29, 1.82) is 0 Å². The van der Waals surface area contributed by atoms with Crippen LogP contribution in [-0.4, -0.2) is 34.6 Å². The monoisotopic (exact) mass is 427 g/mol. The van der Waals surface area contributed by atoms with Crippen LogP contribution in [0.1, 0.15) is 48.1 Å². The standard InChI is InChI=1S/C26H29N5O/c32-24-20-5-1-3-7-22(20)28-25(29-24)30-15-11-26(12-16-30)18-31(17-19-9-13-27-14-10-19)23-8-4-2-6-21(23)26/h2,4,6,8-10,13-14H,1,3,5,7,11-12,15-18H2,(H,28,29,32). The number of piperidine rings is 1. The third-order valence-electron chi connectivity index (χ3n) is 7.63. The van der Waals surface area contributed by atoms with Gasteiger partial charge in [-0.2, -0.15) is 0 Å². The molecule has 164 valence electrons. The average molecular weight is 428 g/mol. The van der Waals surface area contributed by atoms with Gasteiger partial charge in [-0.3, -0.25) is 14.8 Å². The highest BCUT2D eigenvalue weighted by Gasteiger charge is 2.44. The predicted molar refractivity (Wildman–Crippen MR) is 126 cm³/mol. The number of nitrogens with one attached hydrogen (secondary N) is 1.